The van der Waals surface area contributed by atoms with Gasteiger partial charge < -0.3 is 0 Å². The summed E-state index contributed by atoms with van der Waals surface area (Å²) in [4.78, 5) is 14.6. The predicted molar refractivity (Wildman–Crippen MR) is 68.4 cm³/mol. The summed E-state index contributed by atoms with van der Waals surface area (Å²) < 4.78 is 1.55. The van der Waals surface area contributed by atoms with Gasteiger partial charge in [0.25, 0.3) is 5.56 Å². The molecule has 1 aromatic heterocycles. The van der Waals surface area contributed by atoms with Crippen molar-refractivity contribution in [3.63, 3.8) is 0 Å². The minimum atomic E-state index is 0.0882. The number of piperidine rings is 1. The zero-order chi connectivity index (χ0) is 12.4. The van der Waals surface area contributed by atoms with E-state index in [1.54, 1.807) is 4.68 Å². The first-order valence-electron chi connectivity index (χ1n) is 7.02. The molecule has 3 rings (SSSR count). The van der Waals surface area contributed by atoms with E-state index in [2.05, 4.69) is 15.2 Å². The summed E-state index contributed by atoms with van der Waals surface area (Å²) in [5.41, 5.74) is 1.93. The fourth-order valence-corrected chi connectivity index (χ4v) is 2.92. The Bertz CT molecular complexity index is 476. The molecule has 1 aliphatic heterocycles. The average molecular weight is 248 g/mol. The van der Waals surface area contributed by atoms with Crippen molar-refractivity contribution in [2.24, 2.45) is 0 Å². The molecule has 2 heterocycles. The molecular weight excluding hydrogens is 228 g/mol. The summed E-state index contributed by atoms with van der Waals surface area (Å²) in [5.74, 6) is 0. The van der Waals surface area contributed by atoms with E-state index in [1.807, 2.05) is 0 Å². The molecule has 0 amide bonds. The maximum absolute atomic E-state index is 12.3. The number of fused-ring (bicyclic) bond motifs is 1. The van der Waals surface area contributed by atoms with Gasteiger partial charge >= 0.3 is 0 Å². The first-order chi connectivity index (χ1) is 8.84. The van der Waals surface area contributed by atoms with Crippen LogP contribution < -0.4 is 5.56 Å². The van der Waals surface area contributed by atoms with E-state index >= 15 is 0 Å². The molecule has 98 valence electrons. The van der Waals surface area contributed by atoms with E-state index < -0.39 is 0 Å². The van der Waals surface area contributed by atoms with Gasteiger partial charge in [0.15, 0.2) is 0 Å². The van der Waals surface area contributed by atoms with Gasteiger partial charge in [-0.05, 0) is 51.6 Å². The molecule has 5 nitrogen and oxygen atoms in total. The smallest absolute Gasteiger partial charge is 0.274 e. The Kier molecular flexibility index (Phi) is 3.41. The molecule has 0 saturated carbocycles. The molecule has 0 radical (unpaired) electrons. The van der Waals surface area contributed by atoms with E-state index in [-0.39, 0.29) is 5.56 Å². The molecule has 0 aromatic carbocycles. The summed E-state index contributed by atoms with van der Waals surface area (Å²) in [6, 6.07) is 0. The van der Waals surface area contributed by atoms with Gasteiger partial charge in [-0.25, -0.2) is 0 Å². The second-order valence-electron chi connectivity index (χ2n) is 5.35. The highest BCUT2D eigenvalue weighted by Crippen LogP contribution is 2.15. The second kappa shape index (κ2) is 5.18. The minimum Gasteiger partial charge on any atom is -0.284 e. The van der Waals surface area contributed by atoms with Gasteiger partial charge in [-0.3, -0.25) is 9.69 Å². The first kappa shape index (κ1) is 11.8. The lowest BCUT2D eigenvalue weighted by atomic mass is 9.98. The van der Waals surface area contributed by atoms with Crippen LogP contribution in [0.2, 0.25) is 0 Å². The Morgan fingerprint density at radius 3 is 2.61 bits per heavy atom. The monoisotopic (exact) mass is 248 g/mol. The van der Waals surface area contributed by atoms with Crippen molar-refractivity contribution < 1.29 is 0 Å². The number of likely N-dealkylation sites (tertiary alicyclic amines) is 1. The van der Waals surface area contributed by atoms with Crippen LogP contribution >= 0.6 is 0 Å². The quantitative estimate of drug-likeness (QED) is 0.782. The highest BCUT2D eigenvalue weighted by Gasteiger charge is 2.18. The van der Waals surface area contributed by atoms with E-state index in [0.29, 0.717) is 6.67 Å². The molecule has 1 aromatic rings. The Morgan fingerprint density at radius 1 is 1.00 bits per heavy atom. The molecule has 0 atom stereocenters. The summed E-state index contributed by atoms with van der Waals surface area (Å²) in [7, 11) is 0. The van der Waals surface area contributed by atoms with Crippen LogP contribution in [-0.2, 0) is 19.5 Å². The number of hydrogen-bond acceptors (Lipinski definition) is 4. The Hall–Kier alpha value is -1.23. The van der Waals surface area contributed by atoms with Gasteiger partial charge in [-0.1, -0.05) is 11.6 Å². The van der Waals surface area contributed by atoms with Crippen LogP contribution in [0.5, 0.6) is 0 Å². The molecule has 0 unspecified atom stereocenters. The van der Waals surface area contributed by atoms with Crippen molar-refractivity contribution in [1.82, 2.24) is 19.9 Å². The summed E-state index contributed by atoms with van der Waals surface area (Å²) in [6.45, 7) is 2.76. The zero-order valence-electron chi connectivity index (χ0n) is 10.8. The van der Waals surface area contributed by atoms with Crippen molar-refractivity contribution >= 4 is 0 Å². The molecule has 5 heteroatoms. The van der Waals surface area contributed by atoms with Crippen molar-refractivity contribution in [3.05, 3.63) is 21.6 Å². The van der Waals surface area contributed by atoms with Crippen LogP contribution in [0.3, 0.4) is 0 Å². The first-order valence-corrected chi connectivity index (χ1v) is 7.02. The highest BCUT2D eigenvalue weighted by atomic mass is 16.1. The van der Waals surface area contributed by atoms with Crippen LogP contribution in [0.1, 0.15) is 43.4 Å². The summed E-state index contributed by atoms with van der Waals surface area (Å²) in [6.07, 6.45) is 7.81. The second-order valence-corrected chi connectivity index (χ2v) is 5.35. The minimum absolute atomic E-state index is 0.0882. The maximum Gasteiger partial charge on any atom is 0.274 e. The molecule has 0 bridgehead atoms. The lowest BCUT2D eigenvalue weighted by Crippen LogP contribution is -2.39. The van der Waals surface area contributed by atoms with Crippen LogP contribution in [0.25, 0.3) is 0 Å². The number of hydrogen-bond donors (Lipinski definition) is 0. The fourth-order valence-electron chi connectivity index (χ4n) is 2.92. The van der Waals surface area contributed by atoms with Gasteiger partial charge in [0.1, 0.15) is 0 Å². The largest absolute Gasteiger partial charge is 0.284 e. The van der Waals surface area contributed by atoms with Crippen molar-refractivity contribution in [3.8, 4) is 0 Å². The van der Waals surface area contributed by atoms with Gasteiger partial charge in [-0.15, -0.1) is 5.10 Å². The maximum atomic E-state index is 12.3. The third-order valence-corrected chi connectivity index (χ3v) is 3.99. The lowest BCUT2D eigenvalue weighted by molar-refractivity contribution is 0.166. The van der Waals surface area contributed by atoms with Gasteiger partial charge in [-0.2, -0.15) is 4.68 Å². The van der Waals surface area contributed by atoms with E-state index in [0.717, 1.165) is 50.0 Å². The van der Waals surface area contributed by atoms with Gasteiger partial charge in [0, 0.05) is 5.56 Å². The molecule has 1 fully saturated rings. The molecule has 1 saturated heterocycles. The Morgan fingerprint density at radius 2 is 1.78 bits per heavy atom. The number of aromatic nitrogens is 3. The molecule has 18 heavy (non-hydrogen) atoms. The number of nitrogens with zero attached hydrogens (tertiary/aromatic N) is 4. The van der Waals surface area contributed by atoms with E-state index in [1.165, 1.54) is 19.3 Å². The third kappa shape index (κ3) is 2.32. The lowest BCUT2D eigenvalue weighted by Gasteiger charge is -2.26. The van der Waals surface area contributed by atoms with Crippen LogP contribution in [0.4, 0.5) is 0 Å². The predicted octanol–water partition coefficient (Wildman–Crippen LogP) is 0.960. The number of rotatable bonds is 2. The normalized spacial score (nSPS) is 20.7. The Labute approximate surface area is 107 Å². The summed E-state index contributed by atoms with van der Waals surface area (Å²) >= 11 is 0. The summed E-state index contributed by atoms with van der Waals surface area (Å²) in [5, 5.41) is 8.33. The van der Waals surface area contributed by atoms with Crippen LogP contribution in [-0.4, -0.2) is 33.0 Å². The molecular formula is C13H20N4O. The van der Waals surface area contributed by atoms with Crippen LogP contribution in [0.15, 0.2) is 4.79 Å². The third-order valence-electron chi connectivity index (χ3n) is 3.99. The molecule has 0 N–H and O–H groups in total. The van der Waals surface area contributed by atoms with Crippen molar-refractivity contribution in [2.45, 2.75) is 51.6 Å². The highest BCUT2D eigenvalue weighted by molar-refractivity contribution is 5.18. The van der Waals surface area contributed by atoms with Crippen molar-refractivity contribution in [1.29, 1.82) is 0 Å². The van der Waals surface area contributed by atoms with Gasteiger partial charge in [0.05, 0.1) is 12.4 Å². The number of aryl methyl sites for hydroxylation is 1. The van der Waals surface area contributed by atoms with Crippen molar-refractivity contribution in [2.75, 3.05) is 13.1 Å². The average Bonchev–Trinajstić information content (AvgIpc) is 2.43. The zero-order valence-corrected chi connectivity index (χ0v) is 10.8. The van der Waals surface area contributed by atoms with Gasteiger partial charge in [0.2, 0.25) is 0 Å². The molecule has 1 aliphatic carbocycles. The Balaban J connectivity index is 1.81. The molecule has 2 aliphatic rings. The van der Waals surface area contributed by atoms with E-state index in [4.69, 9.17) is 0 Å². The molecule has 0 spiro atoms. The van der Waals surface area contributed by atoms with E-state index in [9.17, 15) is 4.79 Å². The fraction of sp³-hybridized carbons (Fsp3) is 0.769. The SMILES string of the molecule is O=c1c2c(nnn1CN1CCCCC1)CCCC2. The topological polar surface area (TPSA) is 51.0 Å². The van der Waals surface area contributed by atoms with Crippen LogP contribution in [0, 0.1) is 0 Å². The standard InChI is InChI=1S/C13H20N4O/c18-13-11-6-2-3-7-12(11)14-15-17(13)10-16-8-4-1-5-9-16/h1-10H2.